The van der Waals surface area contributed by atoms with Gasteiger partial charge in [-0.2, -0.15) is 5.10 Å². The van der Waals surface area contributed by atoms with Crippen molar-refractivity contribution in [2.75, 3.05) is 7.11 Å². The predicted octanol–water partition coefficient (Wildman–Crippen LogP) is 5.12. The van der Waals surface area contributed by atoms with Gasteiger partial charge in [-0.15, -0.1) is 0 Å². The summed E-state index contributed by atoms with van der Waals surface area (Å²) in [5, 5.41) is 5.35. The molecular weight excluding hydrogens is 380 g/mol. The molecule has 0 radical (unpaired) electrons. The van der Waals surface area contributed by atoms with Gasteiger partial charge in [-0.3, -0.25) is 4.79 Å². The first-order valence-corrected chi connectivity index (χ1v) is 8.77. The van der Waals surface area contributed by atoms with Gasteiger partial charge in [-0.05, 0) is 48.5 Å². The summed E-state index contributed by atoms with van der Waals surface area (Å²) in [6.45, 7) is 0. The fourth-order valence-corrected chi connectivity index (χ4v) is 2.84. The number of carbonyl (C=O) groups excluding carboxylic acids is 1. The van der Waals surface area contributed by atoms with E-state index in [1.807, 2.05) is 30.3 Å². The molecule has 0 aliphatic heterocycles. The summed E-state index contributed by atoms with van der Waals surface area (Å²) in [6, 6.07) is 17.9. The van der Waals surface area contributed by atoms with Crippen molar-refractivity contribution in [3.8, 4) is 17.1 Å². The van der Waals surface area contributed by atoms with Crippen molar-refractivity contribution in [2.45, 2.75) is 0 Å². The second-order valence-corrected chi connectivity index (χ2v) is 6.33. The smallest absolute Gasteiger partial charge is 0.307 e. The SMILES string of the molecule is COc1cccc2cc(C(=O)N/N=C\c3ccc(-c4ccc(Cl)cc4)o3)oc12. The maximum Gasteiger partial charge on any atom is 0.307 e. The molecule has 4 aromatic rings. The standard InChI is InChI=1S/C21H15ClN2O4/c1-26-18-4-2-3-14-11-19(28-20(14)18)21(25)24-23-12-16-9-10-17(27-16)13-5-7-15(22)8-6-13/h2-12H,1H3,(H,24,25)/b23-12-. The maximum atomic E-state index is 12.3. The molecule has 6 nitrogen and oxygen atoms in total. The molecule has 4 rings (SSSR count). The Balaban J connectivity index is 1.45. The largest absolute Gasteiger partial charge is 0.493 e. The lowest BCUT2D eigenvalue weighted by molar-refractivity contribution is 0.0929. The number of furan rings is 2. The lowest BCUT2D eigenvalue weighted by Gasteiger charge is -1.98. The molecule has 7 heteroatoms. The molecule has 140 valence electrons. The molecule has 2 aromatic carbocycles. The third-order valence-electron chi connectivity index (χ3n) is 4.07. The number of hydrazone groups is 1. The Labute approximate surface area is 165 Å². The van der Waals surface area contributed by atoms with E-state index < -0.39 is 5.91 Å². The number of nitrogens with one attached hydrogen (secondary N) is 1. The van der Waals surface area contributed by atoms with Crippen molar-refractivity contribution in [3.63, 3.8) is 0 Å². The third-order valence-corrected chi connectivity index (χ3v) is 4.32. The molecule has 28 heavy (non-hydrogen) atoms. The van der Waals surface area contributed by atoms with Crippen LogP contribution < -0.4 is 10.2 Å². The molecule has 0 spiro atoms. The Morgan fingerprint density at radius 1 is 1.11 bits per heavy atom. The average Bonchev–Trinajstić information content (AvgIpc) is 3.35. The van der Waals surface area contributed by atoms with E-state index >= 15 is 0 Å². The number of nitrogens with zero attached hydrogens (tertiary/aromatic N) is 1. The monoisotopic (exact) mass is 394 g/mol. The first kappa shape index (κ1) is 17.9. The fraction of sp³-hybridized carbons (Fsp3) is 0.0476. The van der Waals surface area contributed by atoms with Crippen molar-refractivity contribution >= 4 is 34.7 Å². The van der Waals surface area contributed by atoms with E-state index in [4.69, 9.17) is 25.2 Å². The van der Waals surface area contributed by atoms with Crippen LogP contribution >= 0.6 is 11.6 Å². The van der Waals surface area contributed by atoms with Crippen molar-refractivity contribution in [3.05, 3.63) is 77.2 Å². The van der Waals surface area contributed by atoms with Gasteiger partial charge in [0.05, 0.1) is 13.3 Å². The summed E-state index contributed by atoms with van der Waals surface area (Å²) < 4.78 is 16.5. The average molecular weight is 395 g/mol. The van der Waals surface area contributed by atoms with Crippen molar-refractivity contribution < 1.29 is 18.4 Å². The molecule has 2 heterocycles. The number of para-hydroxylation sites is 1. The molecule has 1 N–H and O–H groups in total. The van der Waals surface area contributed by atoms with Crippen LogP contribution in [0.4, 0.5) is 0 Å². The first-order chi connectivity index (χ1) is 13.6. The maximum absolute atomic E-state index is 12.3. The van der Waals surface area contributed by atoms with Crippen molar-refractivity contribution in [1.29, 1.82) is 0 Å². The second-order valence-electron chi connectivity index (χ2n) is 5.90. The zero-order chi connectivity index (χ0) is 19.5. The minimum atomic E-state index is -0.473. The van der Waals surface area contributed by atoms with Crippen LogP contribution in [-0.2, 0) is 0 Å². The quantitative estimate of drug-likeness (QED) is 0.376. The van der Waals surface area contributed by atoms with E-state index in [1.54, 1.807) is 37.4 Å². The summed E-state index contributed by atoms with van der Waals surface area (Å²) in [7, 11) is 1.54. The number of fused-ring (bicyclic) bond motifs is 1. The number of benzene rings is 2. The minimum Gasteiger partial charge on any atom is -0.493 e. The highest BCUT2D eigenvalue weighted by atomic mass is 35.5. The topological polar surface area (TPSA) is 77.0 Å². The van der Waals surface area contributed by atoms with Crippen LogP contribution in [0.25, 0.3) is 22.3 Å². The van der Waals surface area contributed by atoms with Crippen LogP contribution in [0.2, 0.25) is 5.02 Å². The number of hydrogen-bond donors (Lipinski definition) is 1. The molecule has 2 aromatic heterocycles. The van der Waals surface area contributed by atoms with Crippen LogP contribution in [0.3, 0.4) is 0 Å². The van der Waals surface area contributed by atoms with E-state index in [9.17, 15) is 4.79 Å². The number of halogens is 1. The number of amides is 1. The molecule has 0 aliphatic rings. The molecule has 0 saturated heterocycles. The van der Waals surface area contributed by atoms with Gasteiger partial charge in [0.25, 0.3) is 0 Å². The number of hydrogen-bond acceptors (Lipinski definition) is 5. The van der Waals surface area contributed by atoms with Gasteiger partial charge in [-0.1, -0.05) is 23.7 Å². The summed E-state index contributed by atoms with van der Waals surface area (Å²) in [5.41, 5.74) is 3.83. The summed E-state index contributed by atoms with van der Waals surface area (Å²) in [4.78, 5) is 12.3. The molecule has 0 atom stereocenters. The zero-order valence-corrected chi connectivity index (χ0v) is 15.6. The van der Waals surface area contributed by atoms with E-state index in [0.29, 0.717) is 27.9 Å². The number of methoxy groups -OCH3 is 1. The van der Waals surface area contributed by atoms with Gasteiger partial charge in [-0.25, -0.2) is 5.43 Å². The minimum absolute atomic E-state index is 0.137. The first-order valence-electron chi connectivity index (χ1n) is 8.40. The molecule has 1 amide bonds. The Morgan fingerprint density at radius 3 is 2.71 bits per heavy atom. The van der Waals surface area contributed by atoms with Gasteiger partial charge in [0, 0.05) is 16.0 Å². The molecule has 0 aliphatic carbocycles. The van der Waals surface area contributed by atoms with Crippen LogP contribution in [0.1, 0.15) is 16.3 Å². The van der Waals surface area contributed by atoms with E-state index in [1.165, 1.54) is 6.21 Å². The molecule has 0 fully saturated rings. The Kier molecular flexibility index (Phi) is 4.87. The highest BCUT2D eigenvalue weighted by Crippen LogP contribution is 2.28. The van der Waals surface area contributed by atoms with E-state index in [-0.39, 0.29) is 5.76 Å². The zero-order valence-electron chi connectivity index (χ0n) is 14.8. The Bertz CT molecular complexity index is 1160. The van der Waals surface area contributed by atoms with Crippen LogP contribution in [0, 0.1) is 0 Å². The van der Waals surface area contributed by atoms with Crippen molar-refractivity contribution in [2.24, 2.45) is 5.10 Å². The highest BCUT2D eigenvalue weighted by Gasteiger charge is 2.14. The van der Waals surface area contributed by atoms with Gasteiger partial charge in [0.15, 0.2) is 17.1 Å². The van der Waals surface area contributed by atoms with E-state index in [2.05, 4.69) is 10.5 Å². The summed E-state index contributed by atoms with van der Waals surface area (Å²) in [6.07, 6.45) is 1.42. The van der Waals surface area contributed by atoms with E-state index in [0.717, 1.165) is 10.9 Å². The van der Waals surface area contributed by atoms with Crippen LogP contribution in [-0.4, -0.2) is 19.2 Å². The molecule has 0 unspecified atom stereocenters. The molecular formula is C21H15ClN2O4. The number of carbonyl (C=O) groups is 1. The third kappa shape index (κ3) is 3.63. The Hall–Kier alpha value is -3.51. The number of ether oxygens (including phenoxy) is 1. The lowest BCUT2D eigenvalue weighted by Crippen LogP contribution is -2.16. The lowest BCUT2D eigenvalue weighted by atomic mass is 10.2. The number of rotatable bonds is 5. The fourth-order valence-electron chi connectivity index (χ4n) is 2.71. The highest BCUT2D eigenvalue weighted by molar-refractivity contribution is 6.30. The molecule has 0 saturated carbocycles. The van der Waals surface area contributed by atoms with Crippen LogP contribution in [0.15, 0.2) is 74.6 Å². The van der Waals surface area contributed by atoms with Gasteiger partial charge in [0.2, 0.25) is 0 Å². The Morgan fingerprint density at radius 2 is 1.93 bits per heavy atom. The van der Waals surface area contributed by atoms with Gasteiger partial charge in [0.1, 0.15) is 11.5 Å². The molecule has 0 bridgehead atoms. The predicted molar refractivity (Wildman–Crippen MR) is 107 cm³/mol. The van der Waals surface area contributed by atoms with Gasteiger partial charge < -0.3 is 13.6 Å². The van der Waals surface area contributed by atoms with Gasteiger partial charge >= 0.3 is 5.91 Å². The van der Waals surface area contributed by atoms with Crippen molar-refractivity contribution in [1.82, 2.24) is 5.43 Å². The van der Waals surface area contributed by atoms with Crippen LogP contribution in [0.5, 0.6) is 5.75 Å². The summed E-state index contributed by atoms with van der Waals surface area (Å²) >= 11 is 5.89. The summed E-state index contributed by atoms with van der Waals surface area (Å²) in [5.74, 6) is 1.40. The second kappa shape index (κ2) is 7.62. The normalized spacial score (nSPS) is 11.2.